The average Bonchev–Trinajstić information content (AvgIpc) is 3.48. The fourth-order valence-electron chi connectivity index (χ4n) is 4.06. The van der Waals surface area contributed by atoms with Crippen LogP contribution in [-0.2, 0) is 6.42 Å². The zero-order valence-electron chi connectivity index (χ0n) is 16.6. The van der Waals surface area contributed by atoms with Crippen molar-refractivity contribution in [2.24, 2.45) is 0 Å². The number of H-pyrrole nitrogens is 1. The van der Waals surface area contributed by atoms with Gasteiger partial charge in [-0.05, 0) is 59.3 Å². The van der Waals surface area contributed by atoms with Crippen molar-refractivity contribution < 1.29 is 14.3 Å². The molecular formula is C22H20N4O3S. The van der Waals surface area contributed by atoms with Crippen LogP contribution in [0.1, 0.15) is 32.4 Å². The second-order valence-corrected chi connectivity index (χ2v) is 8.08. The van der Waals surface area contributed by atoms with Crippen LogP contribution >= 0.6 is 11.3 Å². The number of amides is 1. The Morgan fingerprint density at radius 2 is 1.90 bits per heavy atom. The number of thiophene rings is 1. The Labute approximate surface area is 177 Å². The molecule has 1 aliphatic heterocycles. The summed E-state index contributed by atoms with van der Waals surface area (Å²) in [4.78, 5) is 16.6. The Morgan fingerprint density at radius 3 is 2.67 bits per heavy atom. The van der Waals surface area contributed by atoms with Crippen molar-refractivity contribution in [3.05, 3.63) is 69.4 Å². The van der Waals surface area contributed by atoms with Gasteiger partial charge in [0.25, 0.3) is 5.91 Å². The first-order chi connectivity index (χ1) is 14.7. The van der Waals surface area contributed by atoms with E-state index in [1.54, 1.807) is 31.6 Å². The quantitative estimate of drug-likeness (QED) is 0.543. The SMILES string of the molecule is COc1cc2c(cc1OC)[C@@H](c1cccs1)N(C(=O)c1ccc3n[nH]nc3c1)CC2. The van der Waals surface area contributed by atoms with E-state index in [0.717, 1.165) is 22.4 Å². The summed E-state index contributed by atoms with van der Waals surface area (Å²) < 4.78 is 11.0. The number of nitrogens with zero attached hydrogens (tertiary/aromatic N) is 3. The number of hydrogen-bond donors (Lipinski definition) is 1. The van der Waals surface area contributed by atoms with Crippen LogP contribution in [0.3, 0.4) is 0 Å². The van der Waals surface area contributed by atoms with Gasteiger partial charge < -0.3 is 14.4 Å². The summed E-state index contributed by atoms with van der Waals surface area (Å²) in [5.41, 5.74) is 4.25. The Bertz CT molecular complexity index is 1220. The third-order valence-corrected chi connectivity index (χ3v) is 6.44. The number of aromatic amines is 1. The zero-order valence-corrected chi connectivity index (χ0v) is 17.4. The van der Waals surface area contributed by atoms with Crippen LogP contribution in [-0.4, -0.2) is 47.0 Å². The number of rotatable bonds is 4. The van der Waals surface area contributed by atoms with Crippen molar-refractivity contribution in [1.82, 2.24) is 20.3 Å². The fraction of sp³-hybridized carbons (Fsp3) is 0.227. The van der Waals surface area contributed by atoms with Gasteiger partial charge in [-0.1, -0.05) is 6.07 Å². The standard InChI is InChI=1S/C22H20N4O3S/c1-28-18-11-13-7-8-26(22(27)14-5-6-16-17(10-14)24-25-23-16)21(20-4-3-9-30-20)15(13)12-19(18)29-2/h3-6,9-12,21H,7-8H2,1-2H3,(H,23,24,25)/t21-/m0/s1. The first kappa shape index (κ1) is 18.6. The fourth-order valence-corrected chi connectivity index (χ4v) is 4.91. The number of carbonyl (C=O) groups excluding carboxylic acids is 1. The van der Waals surface area contributed by atoms with E-state index in [-0.39, 0.29) is 11.9 Å². The topological polar surface area (TPSA) is 80.3 Å². The Hall–Kier alpha value is -3.39. The van der Waals surface area contributed by atoms with E-state index in [1.165, 1.54) is 5.56 Å². The third kappa shape index (κ3) is 3.00. The van der Waals surface area contributed by atoms with Crippen molar-refractivity contribution in [3.8, 4) is 11.5 Å². The normalized spacial score (nSPS) is 15.8. The zero-order chi connectivity index (χ0) is 20.7. The Kier molecular flexibility index (Phi) is 4.63. The van der Waals surface area contributed by atoms with Crippen molar-refractivity contribution in [1.29, 1.82) is 0 Å². The minimum absolute atomic E-state index is 0.0289. The molecule has 0 radical (unpaired) electrons. The molecule has 1 amide bonds. The lowest BCUT2D eigenvalue weighted by atomic mass is 9.90. The van der Waals surface area contributed by atoms with E-state index < -0.39 is 0 Å². The molecular weight excluding hydrogens is 400 g/mol. The predicted octanol–water partition coefficient (Wildman–Crippen LogP) is 3.82. The number of aromatic nitrogens is 3. The maximum absolute atomic E-state index is 13.6. The van der Waals surface area contributed by atoms with E-state index in [1.807, 2.05) is 40.6 Å². The average molecular weight is 420 g/mol. The summed E-state index contributed by atoms with van der Waals surface area (Å²) in [5.74, 6) is 1.34. The molecule has 0 fully saturated rings. The Balaban J connectivity index is 1.61. The lowest BCUT2D eigenvalue weighted by Gasteiger charge is -2.37. The van der Waals surface area contributed by atoms with Gasteiger partial charge in [0.2, 0.25) is 0 Å². The van der Waals surface area contributed by atoms with Crippen LogP contribution in [0.5, 0.6) is 11.5 Å². The molecule has 1 aliphatic rings. The first-order valence-electron chi connectivity index (χ1n) is 9.59. The molecule has 0 saturated heterocycles. The van der Waals surface area contributed by atoms with Gasteiger partial charge in [0.05, 0.1) is 20.3 Å². The molecule has 4 aromatic rings. The summed E-state index contributed by atoms with van der Waals surface area (Å²) in [7, 11) is 3.27. The summed E-state index contributed by atoms with van der Waals surface area (Å²) in [6, 6.07) is 13.3. The van der Waals surface area contributed by atoms with E-state index in [2.05, 4.69) is 21.5 Å². The number of nitrogens with one attached hydrogen (secondary N) is 1. The van der Waals surface area contributed by atoms with Crippen LogP contribution in [0.4, 0.5) is 0 Å². The van der Waals surface area contributed by atoms with Crippen molar-refractivity contribution >= 4 is 28.3 Å². The van der Waals surface area contributed by atoms with Crippen LogP contribution in [0, 0.1) is 0 Å². The summed E-state index contributed by atoms with van der Waals surface area (Å²) in [5, 5.41) is 12.8. The molecule has 5 rings (SSSR count). The molecule has 2 aromatic heterocycles. The maximum atomic E-state index is 13.6. The molecule has 0 saturated carbocycles. The monoisotopic (exact) mass is 420 g/mol. The molecule has 8 heteroatoms. The van der Waals surface area contributed by atoms with Gasteiger partial charge in [-0.2, -0.15) is 15.4 Å². The lowest BCUT2D eigenvalue weighted by molar-refractivity contribution is 0.0697. The largest absolute Gasteiger partial charge is 0.493 e. The smallest absolute Gasteiger partial charge is 0.254 e. The maximum Gasteiger partial charge on any atom is 0.254 e. The van der Waals surface area contributed by atoms with Gasteiger partial charge >= 0.3 is 0 Å². The highest BCUT2D eigenvalue weighted by molar-refractivity contribution is 7.10. The van der Waals surface area contributed by atoms with Crippen LogP contribution in [0.2, 0.25) is 0 Å². The van der Waals surface area contributed by atoms with Crippen molar-refractivity contribution in [3.63, 3.8) is 0 Å². The van der Waals surface area contributed by atoms with E-state index in [4.69, 9.17) is 9.47 Å². The minimum Gasteiger partial charge on any atom is -0.493 e. The number of methoxy groups -OCH3 is 2. The lowest BCUT2D eigenvalue weighted by Crippen LogP contribution is -2.40. The molecule has 2 aromatic carbocycles. The molecule has 0 bridgehead atoms. The molecule has 30 heavy (non-hydrogen) atoms. The molecule has 1 atom stereocenters. The number of fused-ring (bicyclic) bond motifs is 2. The summed E-state index contributed by atoms with van der Waals surface area (Å²) in [6.45, 7) is 0.612. The van der Waals surface area contributed by atoms with Gasteiger partial charge in [0.1, 0.15) is 11.0 Å². The minimum atomic E-state index is -0.186. The predicted molar refractivity (Wildman–Crippen MR) is 114 cm³/mol. The second-order valence-electron chi connectivity index (χ2n) is 7.10. The molecule has 7 nitrogen and oxygen atoms in total. The highest BCUT2D eigenvalue weighted by Crippen LogP contribution is 2.42. The van der Waals surface area contributed by atoms with Crippen LogP contribution in [0.25, 0.3) is 11.0 Å². The highest BCUT2D eigenvalue weighted by atomic mass is 32.1. The molecule has 0 spiro atoms. The van der Waals surface area contributed by atoms with Crippen molar-refractivity contribution in [2.75, 3.05) is 20.8 Å². The number of hydrogen-bond acceptors (Lipinski definition) is 6. The Morgan fingerprint density at radius 1 is 1.10 bits per heavy atom. The third-order valence-electron chi connectivity index (χ3n) is 5.51. The highest BCUT2D eigenvalue weighted by Gasteiger charge is 2.34. The first-order valence-corrected chi connectivity index (χ1v) is 10.5. The molecule has 0 aliphatic carbocycles. The number of carbonyl (C=O) groups is 1. The molecule has 0 unspecified atom stereocenters. The van der Waals surface area contributed by atoms with Gasteiger partial charge in [0.15, 0.2) is 11.5 Å². The van der Waals surface area contributed by atoms with Crippen LogP contribution < -0.4 is 9.47 Å². The second kappa shape index (κ2) is 7.46. The molecule has 152 valence electrons. The number of ether oxygens (including phenoxy) is 2. The molecule has 3 heterocycles. The molecule has 1 N–H and O–H groups in total. The number of benzene rings is 2. The van der Waals surface area contributed by atoms with E-state index in [9.17, 15) is 4.79 Å². The van der Waals surface area contributed by atoms with Gasteiger partial charge in [-0.25, -0.2) is 0 Å². The van der Waals surface area contributed by atoms with Gasteiger partial charge in [0, 0.05) is 17.0 Å². The van der Waals surface area contributed by atoms with Crippen LogP contribution in [0.15, 0.2) is 47.8 Å². The van der Waals surface area contributed by atoms with Gasteiger partial charge in [-0.15, -0.1) is 11.3 Å². The van der Waals surface area contributed by atoms with Crippen molar-refractivity contribution in [2.45, 2.75) is 12.5 Å². The van der Waals surface area contributed by atoms with E-state index >= 15 is 0 Å². The summed E-state index contributed by atoms with van der Waals surface area (Å²) in [6.07, 6.45) is 0.746. The van der Waals surface area contributed by atoms with E-state index in [0.29, 0.717) is 29.1 Å². The summed E-state index contributed by atoms with van der Waals surface area (Å²) >= 11 is 1.64. The van der Waals surface area contributed by atoms with Gasteiger partial charge in [-0.3, -0.25) is 4.79 Å².